The molecule has 0 fully saturated rings. The van der Waals surface area contributed by atoms with Crippen molar-refractivity contribution in [3.63, 3.8) is 0 Å². The lowest BCUT2D eigenvalue weighted by Gasteiger charge is -2.08. The van der Waals surface area contributed by atoms with Crippen molar-refractivity contribution in [2.24, 2.45) is 0 Å². The third-order valence-corrected chi connectivity index (χ3v) is 3.17. The summed E-state index contributed by atoms with van der Waals surface area (Å²) in [6, 6.07) is 11.6. The van der Waals surface area contributed by atoms with E-state index in [1.165, 1.54) is 12.1 Å². The number of ether oxygens (including phenoxy) is 2. The molecule has 0 unspecified atom stereocenters. The molecule has 1 aromatic heterocycles. The minimum atomic E-state index is -4.75. The molecule has 0 N–H and O–H groups in total. The largest absolute Gasteiger partial charge is 0.573 e. The van der Waals surface area contributed by atoms with Gasteiger partial charge in [0.05, 0.1) is 0 Å². The minimum Gasteiger partial charge on any atom is -0.485 e. The van der Waals surface area contributed by atoms with Crippen LogP contribution in [0.25, 0.3) is 11.5 Å². The quantitative estimate of drug-likeness (QED) is 0.615. The van der Waals surface area contributed by atoms with Gasteiger partial charge in [-0.25, -0.2) is 0 Å². The highest BCUT2D eigenvalue weighted by molar-refractivity contribution is 5.75. The SMILES string of the molecule is O=Cc1cccc(OCc2noc(-c3ccc(OC(F)(F)F)cc3)n2)c1. The summed E-state index contributed by atoms with van der Waals surface area (Å²) in [7, 11) is 0. The van der Waals surface area contributed by atoms with Gasteiger partial charge in [-0.05, 0) is 36.4 Å². The highest BCUT2D eigenvalue weighted by atomic mass is 19.4. The molecule has 26 heavy (non-hydrogen) atoms. The van der Waals surface area contributed by atoms with E-state index in [1.54, 1.807) is 24.3 Å². The molecule has 3 aromatic rings. The number of aldehydes is 1. The number of carbonyl (C=O) groups excluding carboxylic acids is 1. The van der Waals surface area contributed by atoms with Gasteiger partial charge in [0.1, 0.15) is 17.8 Å². The molecule has 0 radical (unpaired) electrons. The van der Waals surface area contributed by atoms with Gasteiger partial charge >= 0.3 is 6.36 Å². The Morgan fingerprint density at radius 2 is 1.85 bits per heavy atom. The first kappa shape index (κ1) is 17.5. The fourth-order valence-corrected chi connectivity index (χ4v) is 2.05. The molecule has 0 aliphatic rings. The second-order valence-electron chi connectivity index (χ2n) is 5.07. The van der Waals surface area contributed by atoms with Crippen LogP contribution < -0.4 is 9.47 Å². The van der Waals surface area contributed by atoms with E-state index >= 15 is 0 Å². The maximum absolute atomic E-state index is 12.1. The summed E-state index contributed by atoms with van der Waals surface area (Å²) in [6.07, 6.45) is -4.05. The van der Waals surface area contributed by atoms with Crippen LogP contribution in [0, 0.1) is 0 Å². The second kappa shape index (κ2) is 7.26. The molecule has 0 spiro atoms. The lowest BCUT2D eigenvalue weighted by molar-refractivity contribution is -0.274. The van der Waals surface area contributed by atoms with Gasteiger partial charge in [-0.3, -0.25) is 4.79 Å². The molecule has 0 amide bonds. The zero-order valence-electron chi connectivity index (χ0n) is 13.1. The molecule has 1 heterocycles. The zero-order valence-corrected chi connectivity index (χ0v) is 13.1. The van der Waals surface area contributed by atoms with Gasteiger partial charge in [-0.15, -0.1) is 13.2 Å². The number of nitrogens with zero attached hydrogens (tertiary/aromatic N) is 2. The van der Waals surface area contributed by atoms with E-state index in [0.717, 1.165) is 12.1 Å². The number of aromatic nitrogens is 2. The molecule has 0 saturated carbocycles. The third kappa shape index (κ3) is 4.59. The van der Waals surface area contributed by atoms with Crippen molar-refractivity contribution in [3.05, 3.63) is 59.9 Å². The molecule has 2 aromatic carbocycles. The Morgan fingerprint density at radius 3 is 2.54 bits per heavy atom. The Kier molecular flexibility index (Phi) is 4.87. The first-order valence-electron chi connectivity index (χ1n) is 7.30. The van der Waals surface area contributed by atoms with Crippen LogP contribution in [0.5, 0.6) is 11.5 Å². The standard InChI is InChI=1S/C17H11F3N2O4/c18-17(19,20)25-13-6-4-12(5-7-13)16-21-15(22-26-16)10-24-14-3-1-2-11(8-14)9-23/h1-9H,10H2. The fraction of sp³-hybridized carbons (Fsp3) is 0.118. The van der Waals surface area contributed by atoms with Crippen molar-refractivity contribution in [2.45, 2.75) is 13.0 Å². The summed E-state index contributed by atoms with van der Waals surface area (Å²) in [4.78, 5) is 14.8. The molecule has 0 saturated heterocycles. The summed E-state index contributed by atoms with van der Waals surface area (Å²) in [5.74, 6) is 0.491. The highest BCUT2D eigenvalue weighted by Gasteiger charge is 2.31. The van der Waals surface area contributed by atoms with Gasteiger partial charge in [0, 0.05) is 11.1 Å². The summed E-state index contributed by atoms with van der Waals surface area (Å²) in [6.45, 7) is 0.00107. The van der Waals surface area contributed by atoms with E-state index in [9.17, 15) is 18.0 Å². The predicted molar refractivity (Wildman–Crippen MR) is 82.6 cm³/mol. The van der Waals surface area contributed by atoms with Gasteiger partial charge in [0.2, 0.25) is 5.82 Å². The first-order chi connectivity index (χ1) is 12.4. The van der Waals surface area contributed by atoms with E-state index in [-0.39, 0.29) is 24.1 Å². The topological polar surface area (TPSA) is 74.5 Å². The molecule has 0 bridgehead atoms. The average Bonchev–Trinajstić information content (AvgIpc) is 3.08. The summed E-state index contributed by atoms with van der Waals surface area (Å²) >= 11 is 0. The van der Waals surface area contributed by atoms with Crippen molar-refractivity contribution < 1.29 is 32.0 Å². The third-order valence-electron chi connectivity index (χ3n) is 3.17. The summed E-state index contributed by atoms with van der Waals surface area (Å²) < 4.78 is 50.8. The van der Waals surface area contributed by atoms with Crippen molar-refractivity contribution in [1.82, 2.24) is 10.1 Å². The van der Waals surface area contributed by atoms with Crippen LogP contribution in [-0.2, 0) is 6.61 Å². The van der Waals surface area contributed by atoms with E-state index in [4.69, 9.17) is 9.26 Å². The van der Waals surface area contributed by atoms with Crippen LogP contribution in [0.2, 0.25) is 0 Å². The number of hydrogen-bond acceptors (Lipinski definition) is 6. The Bertz CT molecular complexity index is 892. The molecule has 3 rings (SSSR count). The van der Waals surface area contributed by atoms with E-state index in [0.29, 0.717) is 23.2 Å². The fourth-order valence-electron chi connectivity index (χ4n) is 2.05. The van der Waals surface area contributed by atoms with Crippen LogP contribution in [0.4, 0.5) is 13.2 Å². The number of benzene rings is 2. The number of alkyl halides is 3. The Balaban J connectivity index is 1.64. The number of hydrogen-bond donors (Lipinski definition) is 0. The number of carbonyl (C=O) groups is 1. The average molecular weight is 364 g/mol. The highest BCUT2D eigenvalue weighted by Crippen LogP contribution is 2.26. The van der Waals surface area contributed by atoms with Gasteiger partial charge in [0.25, 0.3) is 5.89 Å². The van der Waals surface area contributed by atoms with Crippen LogP contribution in [0.15, 0.2) is 53.1 Å². The maximum Gasteiger partial charge on any atom is 0.573 e. The van der Waals surface area contributed by atoms with Gasteiger partial charge in [0.15, 0.2) is 6.61 Å². The van der Waals surface area contributed by atoms with E-state index < -0.39 is 6.36 Å². The maximum atomic E-state index is 12.1. The smallest absolute Gasteiger partial charge is 0.485 e. The van der Waals surface area contributed by atoms with Crippen molar-refractivity contribution >= 4 is 6.29 Å². The van der Waals surface area contributed by atoms with Crippen molar-refractivity contribution in [2.75, 3.05) is 0 Å². The lowest BCUT2D eigenvalue weighted by Crippen LogP contribution is -2.16. The Hall–Kier alpha value is -3.36. The molecule has 6 nitrogen and oxygen atoms in total. The summed E-state index contributed by atoms with van der Waals surface area (Å²) in [5, 5.41) is 3.74. The molecular formula is C17H11F3N2O4. The molecular weight excluding hydrogens is 353 g/mol. The molecule has 134 valence electrons. The van der Waals surface area contributed by atoms with Crippen LogP contribution in [0.3, 0.4) is 0 Å². The van der Waals surface area contributed by atoms with Crippen LogP contribution >= 0.6 is 0 Å². The molecule has 0 atom stereocenters. The van der Waals surface area contributed by atoms with Crippen molar-refractivity contribution in [1.29, 1.82) is 0 Å². The molecule has 0 aliphatic carbocycles. The zero-order chi connectivity index (χ0) is 18.6. The van der Waals surface area contributed by atoms with Crippen LogP contribution in [-0.4, -0.2) is 22.8 Å². The monoisotopic (exact) mass is 364 g/mol. The summed E-state index contributed by atoms with van der Waals surface area (Å²) in [5.41, 5.74) is 0.902. The number of rotatable bonds is 6. The number of halogens is 3. The predicted octanol–water partition coefficient (Wildman–Crippen LogP) is 4.03. The van der Waals surface area contributed by atoms with E-state index in [1.807, 2.05) is 0 Å². The molecule has 9 heteroatoms. The van der Waals surface area contributed by atoms with Crippen molar-refractivity contribution in [3.8, 4) is 23.0 Å². The van der Waals surface area contributed by atoms with E-state index in [2.05, 4.69) is 14.9 Å². The molecule has 0 aliphatic heterocycles. The van der Waals surface area contributed by atoms with Crippen LogP contribution in [0.1, 0.15) is 16.2 Å². The normalized spacial score (nSPS) is 11.2. The first-order valence-corrected chi connectivity index (χ1v) is 7.30. The van der Waals surface area contributed by atoms with Gasteiger partial charge in [-0.1, -0.05) is 17.3 Å². The minimum absolute atomic E-state index is 0.00107. The second-order valence-corrected chi connectivity index (χ2v) is 5.07. The Labute approximate surface area is 145 Å². The van der Waals surface area contributed by atoms with Gasteiger partial charge in [-0.2, -0.15) is 4.98 Å². The Morgan fingerprint density at radius 1 is 1.08 bits per heavy atom. The van der Waals surface area contributed by atoms with Gasteiger partial charge < -0.3 is 14.0 Å². The lowest BCUT2D eigenvalue weighted by atomic mass is 10.2.